The predicted octanol–water partition coefficient (Wildman–Crippen LogP) is 1.32. The van der Waals surface area contributed by atoms with E-state index < -0.39 is 36.2 Å². The fourth-order valence-electron chi connectivity index (χ4n) is 0.841. The molecule has 0 aliphatic carbocycles. The van der Waals surface area contributed by atoms with E-state index in [1.165, 1.54) is 0 Å². The summed E-state index contributed by atoms with van der Waals surface area (Å²) in [6.45, 7) is 0.740. The summed E-state index contributed by atoms with van der Waals surface area (Å²) in [6, 6.07) is -1.85. The largest absolute Gasteiger partial charge is 0.480 e. The first-order valence-corrected chi connectivity index (χ1v) is 4.04. The van der Waals surface area contributed by atoms with Crippen LogP contribution in [0.1, 0.15) is 6.92 Å². The molecular formula is C7H7F6NO3. The average molecular weight is 267 g/mol. The van der Waals surface area contributed by atoms with E-state index in [0.29, 0.717) is 0 Å². The molecule has 0 aliphatic rings. The van der Waals surface area contributed by atoms with Crippen LogP contribution < -0.4 is 5.32 Å². The number of alkyl halides is 6. The summed E-state index contributed by atoms with van der Waals surface area (Å²) in [6.07, 6.45) is -11.7. The van der Waals surface area contributed by atoms with Crippen LogP contribution in [-0.2, 0) is 9.59 Å². The van der Waals surface area contributed by atoms with Crippen LogP contribution in [0.5, 0.6) is 0 Å². The summed E-state index contributed by atoms with van der Waals surface area (Å²) in [4.78, 5) is 20.9. The second-order valence-corrected chi connectivity index (χ2v) is 3.08. The number of carboxylic acids is 1. The average Bonchev–Trinajstić information content (AvgIpc) is 1.96. The van der Waals surface area contributed by atoms with E-state index in [2.05, 4.69) is 0 Å². The minimum Gasteiger partial charge on any atom is -0.480 e. The molecule has 0 aromatic carbocycles. The van der Waals surface area contributed by atoms with Gasteiger partial charge in [-0.15, -0.1) is 0 Å². The van der Waals surface area contributed by atoms with Crippen molar-refractivity contribution in [1.82, 2.24) is 5.32 Å². The van der Waals surface area contributed by atoms with Crippen molar-refractivity contribution in [2.24, 2.45) is 5.92 Å². The van der Waals surface area contributed by atoms with E-state index in [0.717, 1.165) is 12.2 Å². The molecule has 0 aromatic heterocycles. The Morgan fingerprint density at radius 2 is 1.41 bits per heavy atom. The van der Waals surface area contributed by atoms with Gasteiger partial charge in [0.15, 0.2) is 0 Å². The Bertz CT molecular complexity index is 296. The molecule has 0 saturated carbocycles. The number of carboxylic acid groups (broad SMARTS) is 1. The maximum atomic E-state index is 12.0. The Morgan fingerprint density at radius 3 is 1.65 bits per heavy atom. The third kappa shape index (κ3) is 4.49. The molecule has 0 radical (unpaired) electrons. The molecule has 1 amide bonds. The quantitative estimate of drug-likeness (QED) is 0.758. The molecule has 0 spiro atoms. The second-order valence-electron chi connectivity index (χ2n) is 3.08. The van der Waals surface area contributed by atoms with Crippen LogP contribution in [0.2, 0.25) is 0 Å². The molecule has 4 nitrogen and oxygen atoms in total. The normalized spacial score (nSPS) is 14.6. The summed E-state index contributed by atoms with van der Waals surface area (Å²) < 4.78 is 71.9. The van der Waals surface area contributed by atoms with Crippen LogP contribution in [0.4, 0.5) is 26.3 Å². The molecule has 1 atom stereocenters. The summed E-state index contributed by atoms with van der Waals surface area (Å²) in [5.41, 5.74) is 0. The number of rotatable bonds is 3. The summed E-state index contributed by atoms with van der Waals surface area (Å²) in [5.74, 6) is -8.43. The van der Waals surface area contributed by atoms with E-state index in [9.17, 15) is 35.9 Å². The lowest BCUT2D eigenvalue weighted by atomic mass is 10.1. The first-order valence-electron chi connectivity index (χ1n) is 4.04. The monoisotopic (exact) mass is 267 g/mol. The van der Waals surface area contributed by atoms with Crippen LogP contribution in [0, 0.1) is 5.92 Å². The van der Waals surface area contributed by atoms with E-state index in [-0.39, 0.29) is 0 Å². The number of amides is 1. The number of carbonyl (C=O) groups is 2. The number of hydrogen-bond donors (Lipinski definition) is 2. The molecule has 0 aromatic rings. The van der Waals surface area contributed by atoms with Gasteiger partial charge in [0.1, 0.15) is 6.04 Å². The molecular weight excluding hydrogens is 260 g/mol. The highest BCUT2D eigenvalue weighted by Gasteiger charge is 2.61. The van der Waals surface area contributed by atoms with Crippen molar-refractivity contribution in [3.63, 3.8) is 0 Å². The highest BCUT2D eigenvalue weighted by Crippen LogP contribution is 2.39. The Morgan fingerprint density at radius 1 is 1.06 bits per heavy atom. The fourth-order valence-corrected chi connectivity index (χ4v) is 0.841. The highest BCUT2D eigenvalue weighted by atomic mass is 19.4. The van der Waals surface area contributed by atoms with Crippen molar-refractivity contribution >= 4 is 11.9 Å². The Kier molecular flexibility index (Phi) is 4.38. The fraction of sp³-hybridized carbons (Fsp3) is 0.714. The first-order chi connectivity index (χ1) is 7.37. The number of nitrogens with one attached hydrogen (secondary N) is 1. The van der Waals surface area contributed by atoms with E-state index in [1.54, 1.807) is 0 Å². The molecule has 1 unspecified atom stereocenters. The molecule has 0 fully saturated rings. The van der Waals surface area contributed by atoms with Crippen molar-refractivity contribution in [2.45, 2.75) is 25.3 Å². The lowest BCUT2D eigenvalue weighted by molar-refractivity contribution is -0.274. The molecule has 0 saturated heterocycles. The Balaban J connectivity index is 4.98. The van der Waals surface area contributed by atoms with Gasteiger partial charge in [-0.25, -0.2) is 0 Å². The number of halogens is 6. The highest BCUT2D eigenvalue weighted by molar-refractivity contribution is 5.85. The minimum atomic E-state index is -5.83. The van der Waals surface area contributed by atoms with Gasteiger partial charge in [-0.3, -0.25) is 9.59 Å². The van der Waals surface area contributed by atoms with Gasteiger partial charge >= 0.3 is 18.3 Å². The minimum absolute atomic E-state index is 0.740. The molecule has 17 heavy (non-hydrogen) atoms. The lowest BCUT2D eigenvalue weighted by Crippen LogP contribution is -2.51. The number of hydrogen-bond acceptors (Lipinski definition) is 2. The third-order valence-electron chi connectivity index (χ3n) is 1.65. The van der Waals surface area contributed by atoms with E-state index in [4.69, 9.17) is 5.11 Å². The van der Waals surface area contributed by atoms with Crippen LogP contribution >= 0.6 is 0 Å². The summed E-state index contributed by atoms with van der Waals surface area (Å²) >= 11 is 0. The molecule has 0 rings (SSSR count). The molecule has 0 aliphatic heterocycles. The van der Waals surface area contributed by atoms with Crippen LogP contribution in [0.15, 0.2) is 0 Å². The van der Waals surface area contributed by atoms with Crippen molar-refractivity contribution in [3.8, 4) is 0 Å². The first kappa shape index (κ1) is 15.5. The van der Waals surface area contributed by atoms with Gasteiger partial charge in [0.05, 0.1) is 0 Å². The van der Waals surface area contributed by atoms with Gasteiger partial charge in [0.25, 0.3) is 0 Å². The Labute approximate surface area is 90.6 Å². The van der Waals surface area contributed by atoms with Crippen LogP contribution in [0.25, 0.3) is 0 Å². The molecule has 0 bridgehead atoms. The van der Waals surface area contributed by atoms with Gasteiger partial charge in [-0.1, -0.05) is 0 Å². The van der Waals surface area contributed by atoms with Crippen LogP contribution in [-0.4, -0.2) is 35.4 Å². The zero-order chi connectivity index (χ0) is 14.0. The zero-order valence-corrected chi connectivity index (χ0v) is 8.19. The van der Waals surface area contributed by atoms with Crippen molar-refractivity contribution in [3.05, 3.63) is 0 Å². The Hall–Kier alpha value is -1.48. The number of carbonyl (C=O) groups excluding carboxylic acids is 1. The van der Waals surface area contributed by atoms with Crippen LogP contribution in [0.3, 0.4) is 0 Å². The van der Waals surface area contributed by atoms with Gasteiger partial charge < -0.3 is 10.4 Å². The third-order valence-corrected chi connectivity index (χ3v) is 1.65. The van der Waals surface area contributed by atoms with Gasteiger partial charge in [-0.05, 0) is 6.92 Å². The maximum Gasteiger partial charge on any atom is 0.409 e. The van der Waals surface area contributed by atoms with Gasteiger partial charge in [0, 0.05) is 0 Å². The molecule has 2 N–H and O–H groups in total. The second kappa shape index (κ2) is 4.80. The molecule has 100 valence electrons. The van der Waals surface area contributed by atoms with Crippen molar-refractivity contribution < 1.29 is 41.0 Å². The van der Waals surface area contributed by atoms with Gasteiger partial charge in [-0.2, -0.15) is 26.3 Å². The smallest absolute Gasteiger partial charge is 0.409 e. The van der Waals surface area contributed by atoms with Gasteiger partial charge in [0.2, 0.25) is 11.8 Å². The number of aliphatic carboxylic acids is 1. The molecule has 10 heteroatoms. The SMILES string of the molecule is CC(NC(=O)C(C(F)(F)F)C(F)(F)F)C(=O)O. The maximum absolute atomic E-state index is 12.0. The lowest BCUT2D eigenvalue weighted by Gasteiger charge is -2.22. The topological polar surface area (TPSA) is 66.4 Å². The zero-order valence-electron chi connectivity index (χ0n) is 8.19. The van der Waals surface area contributed by atoms with Crippen molar-refractivity contribution in [1.29, 1.82) is 0 Å². The van der Waals surface area contributed by atoms with Crippen molar-refractivity contribution in [2.75, 3.05) is 0 Å². The van der Waals surface area contributed by atoms with E-state index in [1.807, 2.05) is 0 Å². The van der Waals surface area contributed by atoms with E-state index >= 15 is 0 Å². The standard InChI is InChI=1S/C7H7F6NO3/c1-2(5(16)17)14-4(15)3(6(8,9)10)7(11,12)13/h2-3H,1H3,(H,14,15)(H,16,17). The summed E-state index contributed by atoms with van der Waals surface area (Å²) in [7, 11) is 0. The predicted molar refractivity (Wildman–Crippen MR) is 40.8 cm³/mol. The summed E-state index contributed by atoms with van der Waals surface area (Å²) in [5, 5.41) is 9.36. The molecule has 0 heterocycles.